The Kier molecular flexibility index (Phi) is 4.71. The lowest BCUT2D eigenvalue weighted by Crippen LogP contribution is -2.22. The van der Waals surface area contributed by atoms with Crippen molar-refractivity contribution in [2.24, 2.45) is 0 Å². The maximum atomic E-state index is 5.22. The molecule has 0 N–H and O–H groups in total. The Labute approximate surface area is 184 Å². The number of aryl methyl sites for hydroxylation is 1. The Balaban J connectivity index is 1.93. The topological polar surface area (TPSA) is 16.1 Å². The predicted octanol–water partition coefficient (Wildman–Crippen LogP) is 8.01. The molecule has 2 nitrogen and oxygen atoms in total. The summed E-state index contributed by atoms with van der Waals surface area (Å²) in [6.45, 7) is 10.7. The van der Waals surface area contributed by atoms with Crippen LogP contribution in [0, 0.1) is 6.92 Å². The molecule has 2 heteroatoms. The summed E-state index contributed by atoms with van der Waals surface area (Å²) in [5.41, 5.74) is 10.4. The van der Waals surface area contributed by atoms with Gasteiger partial charge in [-0.25, -0.2) is 4.98 Å². The third kappa shape index (κ3) is 3.07. The Bertz CT molecular complexity index is 1330. The van der Waals surface area contributed by atoms with Crippen LogP contribution in [0.4, 0.5) is 11.4 Å². The first-order valence-electron chi connectivity index (χ1n) is 10.8. The Morgan fingerprint density at radius 3 is 2.45 bits per heavy atom. The van der Waals surface area contributed by atoms with Crippen molar-refractivity contribution in [3.63, 3.8) is 0 Å². The number of rotatable bonds is 3. The van der Waals surface area contributed by atoms with E-state index in [0.29, 0.717) is 5.92 Å². The SMILES string of the molecule is C=C/C=C1\c2c(C)cccc2-c2nc3cccc(C(C)C)c3cc2N1c1ccccc1. The molecule has 5 rings (SSSR count). The van der Waals surface area contributed by atoms with Crippen LogP contribution in [-0.4, -0.2) is 4.98 Å². The number of anilines is 2. The summed E-state index contributed by atoms with van der Waals surface area (Å²) in [7, 11) is 0. The maximum Gasteiger partial charge on any atom is 0.0957 e. The summed E-state index contributed by atoms with van der Waals surface area (Å²) in [6.07, 6.45) is 3.99. The van der Waals surface area contributed by atoms with E-state index in [9.17, 15) is 0 Å². The van der Waals surface area contributed by atoms with Gasteiger partial charge in [-0.1, -0.05) is 75.0 Å². The van der Waals surface area contributed by atoms with Crippen molar-refractivity contribution in [3.8, 4) is 11.3 Å². The molecule has 3 aromatic carbocycles. The second kappa shape index (κ2) is 7.55. The number of allylic oxidation sites excluding steroid dienone is 2. The molecule has 1 aliphatic rings. The summed E-state index contributed by atoms with van der Waals surface area (Å²) < 4.78 is 0. The molecule has 0 aliphatic carbocycles. The van der Waals surface area contributed by atoms with Crippen LogP contribution in [0.1, 0.15) is 36.5 Å². The summed E-state index contributed by atoms with van der Waals surface area (Å²) in [4.78, 5) is 7.55. The molecule has 2 heterocycles. The molecule has 4 aromatic rings. The van der Waals surface area contributed by atoms with Crippen molar-refractivity contribution in [3.05, 3.63) is 108 Å². The van der Waals surface area contributed by atoms with Gasteiger partial charge >= 0.3 is 0 Å². The third-order valence-electron chi connectivity index (χ3n) is 6.05. The van der Waals surface area contributed by atoms with Gasteiger partial charge in [0.25, 0.3) is 0 Å². The molecular formula is C29H26N2. The van der Waals surface area contributed by atoms with E-state index in [-0.39, 0.29) is 0 Å². The van der Waals surface area contributed by atoms with Crippen LogP contribution >= 0.6 is 0 Å². The number of fused-ring (bicyclic) bond motifs is 4. The average Bonchev–Trinajstić information content (AvgIpc) is 2.78. The van der Waals surface area contributed by atoms with Crippen LogP contribution in [0.5, 0.6) is 0 Å². The lowest BCUT2D eigenvalue weighted by atomic mass is 9.89. The van der Waals surface area contributed by atoms with Crippen molar-refractivity contribution >= 4 is 28.0 Å². The van der Waals surface area contributed by atoms with E-state index < -0.39 is 0 Å². The molecule has 0 radical (unpaired) electrons. The average molecular weight is 403 g/mol. The molecule has 1 aliphatic heterocycles. The fourth-order valence-corrected chi connectivity index (χ4v) is 4.65. The van der Waals surface area contributed by atoms with Gasteiger partial charge in [-0.3, -0.25) is 0 Å². The Morgan fingerprint density at radius 2 is 1.71 bits per heavy atom. The van der Waals surface area contributed by atoms with Gasteiger partial charge in [-0.15, -0.1) is 0 Å². The van der Waals surface area contributed by atoms with E-state index in [2.05, 4.69) is 111 Å². The number of pyridine rings is 1. The second-order valence-electron chi connectivity index (χ2n) is 8.38. The fourth-order valence-electron chi connectivity index (χ4n) is 4.65. The molecule has 152 valence electrons. The van der Waals surface area contributed by atoms with Gasteiger partial charge in [0.1, 0.15) is 0 Å². The van der Waals surface area contributed by atoms with E-state index in [1.54, 1.807) is 0 Å². The molecule has 31 heavy (non-hydrogen) atoms. The van der Waals surface area contributed by atoms with E-state index >= 15 is 0 Å². The first-order valence-corrected chi connectivity index (χ1v) is 10.8. The quantitative estimate of drug-likeness (QED) is 0.345. The number of nitrogens with zero attached hydrogens (tertiary/aromatic N) is 2. The van der Waals surface area contributed by atoms with Gasteiger partial charge in [0.05, 0.1) is 22.6 Å². The van der Waals surface area contributed by atoms with E-state index in [0.717, 1.165) is 28.3 Å². The Hall–Kier alpha value is -3.65. The van der Waals surface area contributed by atoms with Gasteiger partial charge in [0.2, 0.25) is 0 Å². The fraction of sp³-hybridized carbons (Fsp3) is 0.138. The standard InChI is InChI=1S/C29H26N2/c1-5-11-26-28-20(4)12-9-16-23(28)29-27(31(26)21-13-7-6-8-14-21)18-24-22(19(2)3)15-10-17-25(24)30-29/h5-19H,1H2,2-4H3/b26-11+. The van der Waals surface area contributed by atoms with Crippen molar-refractivity contribution in [2.45, 2.75) is 26.7 Å². The molecule has 0 atom stereocenters. The zero-order chi connectivity index (χ0) is 21.5. The molecule has 0 fully saturated rings. The minimum Gasteiger partial charge on any atom is -0.308 e. The van der Waals surface area contributed by atoms with E-state index in [4.69, 9.17) is 4.98 Å². The summed E-state index contributed by atoms with van der Waals surface area (Å²) >= 11 is 0. The van der Waals surface area contributed by atoms with Crippen molar-refractivity contribution in [1.82, 2.24) is 4.98 Å². The molecular weight excluding hydrogens is 376 g/mol. The number of hydrogen-bond donors (Lipinski definition) is 0. The highest BCUT2D eigenvalue weighted by atomic mass is 15.2. The molecule has 0 bridgehead atoms. The molecule has 0 spiro atoms. The van der Waals surface area contributed by atoms with Gasteiger partial charge in [-0.05, 0) is 54.3 Å². The highest BCUT2D eigenvalue weighted by Crippen LogP contribution is 2.49. The maximum absolute atomic E-state index is 5.22. The molecule has 0 amide bonds. The van der Waals surface area contributed by atoms with E-state index in [1.807, 2.05) is 6.08 Å². The lowest BCUT2D eigenvalue weighted by molar-refractivity contribution is 0.876. The summed E-state index contributed by atoms with van der Waals surface area (Å²) in [5, 5.41) is 1.21. The minimum absolute atomic E-state index is 0.426. The number of benzene rings is 3. The van der Waals surface area contributed by atoms with Crippen LogP contribution in [0.25, 0.3) is 27.9 Å². The summed E-state index contributed by atoms with van der Waals surface area (Å²) in [6, 6.07) is 25.8. The largest absolute Gasteiger partial charge is 0.308 e. The third-order valence-corrected chi connectivity index (χ3v) is 6.05. The van der Waals surface area contributed by atoms with Gasteiger partial charge in [0.15, 0.2) is 0 Å². The van der Waals surface area contributed by atoms with Crippen molar-refractivity contribution < 1.29 is 0 Å². The number of hydrogen-bond acceptors (Lipinski definition) is 2. The smallest absolute Gasteiger partial charge is 0.0957 e. The van der Waals surface area contributed by atoms with E-state index in [1.165, 1.54) is 27.6 Å². The highest BCUT2D eigenvalue weighted by Gasteiger charge is 2.30. The molecule has 0 saturated heterocycles. The van der Waals surface area contributed by atoms with Gasteiger partial charge < -0.3 is 4.90 Å². The molecule has 0 saturated carbocycles. The minimum atomic E-state index is 0.426. The number of para-hydroxylation sites is 1. The van der Waals surface area contributed by atoms with Crippen molar-refractivity contribution in [2.75, 3.05) is 4.90 Å². The van der Waals surface area contributed by atoms with Crippen LogP contribution in [0.15, 0.2) is 91.5 Å². The molecule has 1 aromatic heterocycles. The zero-order valence-electron chi connectivity index (χ0n) is 18.3. The predicted molar refractivity (Wildman–Crippen MR) is 133 cm³/mol. The van der Waals surface area contributed by atoms with Crippen LogP contribution in [0.3, 0.4) is 0 Å². The first-order chi connectivity index (χ1) is 15.1. The van der Waals surface area contributed by atoms with Gasteiger partial charge in [0, 0.05) is 22.2 Å². The Morgan fingerprint density at radius 1 is 0.935 bits per heavy atom. The van der Waals surface area contributed by atoms with Crippen LogP contribution in [-0.2, 0) is 0 Å². The highest BCUT2D eigenvalue weighted by molar-refractivity contribution is 6.06. The number of aromatic nitrogens is 1. The monoisotopic (exact) mass is 402 g/mol. The van der Waals surface area contributed by atoms with Crippen LogP contribution in [0.2, 0.25) is 0 Å². The normalized spacial score (nSPS) is 14.1. The second-order valence-corrected chi connectivity index (χ2v) is 8.38. The first kappa shape index (κ1) is 19.3. The van der Waals surface area contributed by atoms with Crippen LogP contribution < -0.4 is 4.90 Å². The van der Waals surface area contributed by atoms with Gasteiger partial charge in [-0.2, -0.15) is 0 Å². The zero-order valence-corrected chi connectivity index (χ0v) is 18.3. The molecule has 0 unspecified atom stereocenters. The summed E-state index contributed by atoms with van der Waals surface area (Å²) in [5.74, 6) is 0.426. The lowest BCUT2D eigenvalue weighted by Gasteiger charge is -2.36. The van der Waals surface area contributed by atoms with Crippen molar-refractivity contribution in [1.29, 1.82) is 0 Å².